The first kappa shape index (κ1) is 25.2. The number of benzene rings is 2. The molecule has 2 saturated heterocycles. The first-order valence-corrected chi connectivity index (χ1v) is 13.7. The maximum atomic E-state index is 13.2. The highest BCUT2D eigenvalue weighted by Gasteiger charge is 2.30. The third kappa shape index (κ3) is 5.27. The van der Waals surface area contributed by atoms with Gasteiger partial charge in [-0.05, 0) is 68.4 Å². The molecule has 4 heterocycles. The number of likely N-dealkylation sites (N-methyl/N-ethyl adjacent to an activating group) is 1. The molecule has 0 spiro atoms. The highest BCUT2D eigenvalue weighted by molar-refractivity contribution is 5.80. The van der Waals surface area contributed by atoms with Crippen LogP contribution in [0.15, 0.2) is 66.9 Å². The van der Waals surface area contributed by atoms with Crippen molar-refractivity contribution in [2.75, 3.05) is 63.6 Å². The van der Waals surface area contributed by atoms with Crippen molar-refractivity contribution in [1.29, 1.82) is 0 Å². The van der Waals surface area contributed by atoms with E-state index in [4.69, 9.17) is 9.84 Å². The number of hydrogen-bond acceptors (Lipinski definition) is 7. The van der Waals surface area contributed by atoms with Gasteiger partial charge in [-0.2, -0.15) is 0 Å². The van der Waals surface area contributed by atoms with Crippen LogP contribution in [0.2, 0.25) is 0 Å². The van der Waals surface area contributed by atoms with E-state index >= 15 is 0 Å². The smallest absolute Gasteiger partial charge is 0.245 e. The maximum absolute atomic E-state index is 13.2. The fourth-order valence-electron chi connectivity index (χ4n) is 5.60. The first-order valence-electron chi connectivity index (χ1n) is 13.7. The molecule has 2 fully saturated rings. The Balaban J connectivity index is 1.14. The molecular weight excluding hydrogens is 490 g/mol. The molecule has 0 radical (unpaired) electrons. The van der Waals surface area contributed by atoms with Crippen LogP contribution >= 0.6 is 0 Å². The predicted molar refractivity (Wildman–Crippen MR) is 154 cm³/mol. The van der Waals surface area contributed by atoms with Gasteiger partial charge < -0.3 is 24.8 Å². The molecule has 6 rings (SSSR count). The summed E-state index contributed by atoms with van der Waals surface area (Å²) in [5.74, 6) is 1.69. The lowest BCUT2D eigenvalue weighted by Crippen LogP contribution is -2.51. The van der Waals surface area contributed by atoms with E-state index in [9.17, 15) is 4.79 Å². The number of aromatic nitrogens is 3. The fourth-order valence-corrected chi connectivity index (χ4v) is 5.60. The standard InChI is InChI=1S/C30H35N7O2/c1-34-16-18-35(19-17-34)29(38)22-6-5-15-36(21-22)24-11-9-23(10-12-24)32-30-31-20-25-13-14-27(37(25)33-30)26-7-3-4-8-28(26)39-2/h3-4,7-14,20,22H,5-6,15-19,21H2,1-2H3,(H,32,33). The number of piperazine rings is 1. The SMILES string of the molecule is COc1ccccc1-c1ccc2cnc(Nc3ccc(N4CCCC(C(=O)N5CCN(C)CC5)C4)cc3)nn12. The molecule has 9 nitrogen and oxygen atoms in total. The van der Waals surface area contributed by atoms with Crippen LogP contribution in [0, 0.1) is 5.92 Å². The number of nitrogens with zero attached hydrogens (tertiary/aromatic N) is 6. The van der Waals surface area contributed by atoms with Crippen molar-refractivity contribution in [1.82, 2.24) is 24.4 Å². The van der Waals surface area contributed by atoms with Gasteiger partial charge in [-0.25, -0.2) is 9.50 Å². The van der Waals surface area contributed by atoms with Gasteiger partial charge >= 0.3 is 0 Å². The van der Waals surface area contributed by atoms with Crippen molar-refractivity contribution in [2.45, 2.75) is 12.8 Å². The van der Waals surface area contributed by atoms with E-state index in [0.29, 0.717) is 11.9 Å². The molecule has 202 valence electrons. The van der Waals surface area contributed by atoms with E-state index in [1.54, 1.807) is 7.11 Å². The number of carbonyl (C=O) groups excluding carboxylic acids is 1. The fraction of sp³-hybridized carbons (Fsp3) is 0.367. The normalized spacial score (nSPS) is 18.4. The first-order chi connectivity index (χ1) is 19.1. The minimum atomic E-state index is 0.0686. The molecule has 1 unspecified atom stereocenters. The number of nitrogens with one attached hydrogen (secondary N) is 1. The van der Waals surface area contributed by atoms with Gasteiger partial charge in [-0.15, -0.1) is 5.10 Å². The van der Waals surface area contributed by atoms with Crippen molar-refractivity contribution >= 4 is 28.7 Å². The Morgan fingerprint density at radius 1 is 0.974 bits per heavy atom. The van der Waals surface area contributed by atoms with Crippen LogP contribution < -0.4 is 15.0 Å². The predicted octanol–water partition coefficient (Wildman–Crippen LogP) is 4.14. The summed E-state index contributed by atoms with van der Waals surface area (Å²) in [6.45, 7) is 5.33. The molecule has 0 saturated carbocycles. The Morgan fingerprint density at radius 2 is 1.77 bits per heavy atom. The number of amides is 1. The molecule has 2 aliphatic heterocycles. The van der Waals surface area contributed by atoms with E-state index in [1.807, 2.05) is 59.2 Å². The summed E-state index contributed by atoms with van der Waals surface area (Å²) >= 11 is 0. The molecular formula is C30H35N7O2. The number of para-hydroxylation sites is 1. The Bertz CT molecular complexity index is 1440. The van der Waals surface area contributed by atoms with Gasteiger partial charge in [0, 0.05) is 56.2 Å². The molecule has 0 aliphatic carbocycles. The van der Waals surface area contributed by atoms with Crippen LogP contribution in [-0.4, -0.2) is 83.7 Å². The summed E-state index contributed by atoms with van der Waals surface area (Å²) < 4.78 is 7.44. The van der Waals surface area contributed by atoms with Gasteiger partial charge in [0.15, 0.2) is 0 Å². The van der Waals surface area contributed by atoms with Gasteiger partial charge in [0.05, 0.1) is 30.4 Å². The molecule has 1 N–H and O–H groups in total. The molecule has 0 bridgehead atoms. The average molecular weight is 526 g/mol. The number of piperidine rings is 1. The topological polar surface area (TPSA) is 78.2 Å². The zero-order valence-corrected chi connectivity index (χ0v) is 22.6. The van der Waals surface area contributed by atoms with Crippen molar-refractivity contribution in [3.8, 4) is 17.0 Å². The van der Waals surface area contributed by atoms with Crippen LogP contribution in [0.1, 0.15) is 12.8 Å². The van der Waals surface area contributed by atoms with Crippen LogP contribution in [0.4, 0.5) is 17.3 Å². The number of methoxy groups -OCH3 is 1. The summed E-state index contributed by atoms with van der Waals surface area (Å²) in [5, 5.41) is 8.10. The third-order valence-electron chi connectivity index (χ3n) is 7.86. The summed E-state index contributed by atoms with van der Waals surface area (Å²) in [4.78, 5) is 24.4. The van der Waals surface area contributed by atoms with Crippen LogP contribution in [0.3, 0.4) is 0 Å². The molecule has 2 aliphatic rings. The van der Waals surface area contributed by atoms with Gasteiger partial charge in [-0.1, -0.05) is 12.1 Å². The van der Waals surface area contributed by atoms with Crippen molar-refractivity contribution in [3.05, 3.63) is 66.9 Å². The Labute approximate surface area is 229 Å². The number of carbonyl (C=O) groups is 1. The number of hydrogen-bond donors (Lipinski definition) is 1. The van der Waals surface area contributed by atoms with Gasteiger partial charge in [0.25, 0.3) is 0 Å². The van der Waals surface area contributed by atoms with Crippen LogP contribution in [0.25, 0.3) is 16.8 Å². The van der Waals surface area contributed by atoms with E-state index < -0.39 is 0 Å². The summed E-state index contributed by atoms with van der Waals surface area (Å²) in [5.41, 5.74) is 4.86. The average Bonchev–Trinajstić information content (AvgIpc) is 3.41. The minimum Gasteiger partial charge on any atom is -0.496 e. The second-order valence-corrected chi connectivity index (χ2v) is 10.4. The van der Waals surface area contributed by atoms with Crippen LogP contribution in [0.5, 0.6) is 5.75 Å². The van der Waals surface area contributed by atoms with Crippen molar-refractivity contribution < 1.29 is 9.53 Å². The molecule has 4 aromatic rings. The molecule has 2 aromatic carbocycles. The largest absolute Gasteiger partial charge is 0.496 e. The van der Waals surface area contributed by atoms with Gasteiger partial charge in [0.2, 0.25) is 11.9 Å². The Hall–Kier alpha value is -4.11. The van der Waals surface area contributed by atoms with Gasteiger partial charge in [-0.3, -0.25) is 4.79 Å². The number of anilines is 3. The monoisotopic (exact) mass is 525 g/mol. The third-order valence-corrected chi connectivity index (χ3v) is 7.86. The maximum Gasteiger partial charge on any atom is 0.245 e. The second-order valence-electron chi connectivity index (χ2n) is 10.4. The summed E-state index contributed by atoms with van der Waals surface area (Å²) in [6, 6.07) is 20.3. The molecule has 1 atom stereocenters. The second kappa shape index (κ2) is 10.9. The minimum absolute atomic E-state index is 0.0686. The molecule has 39 heavy (non-hydrogen) atoms. The number of ether oxygens (including phenoxy) is 1. The highest BCUT2D eigenvalue weighted by Crippen LogP contribution is 2.31. The Morgan fingerprint density at radius 3 is 2.56 bits per heavy atom. The lowest BCUT2D eigenvalue weighted by Gasteiger charge is -2.38. The summed E-state index contributed by atoms with van der Waals surface area (Å²) in [7, 11) is 3.79. The number of rotatable bonds is 6. The zero-order valence-electron chi connectivity index (χ0n) is 22.6. The quantitative estimate of drug-likeness (QED) is 0.405. The van der Waals surface area contributed by atoms with E-state index in [0.717, 1.165) is 86.0 Å². The van der Waals surface area contributed by atoms with Crippen LogP contribution in [-0.2, 0) is 4.79 Å². The van der Waals surface area contributed by atoms with E-state index in [-0.39, 0.29) is 5.92 Å². The van der Waals surface area contributed by atoms with Gasteiger partial charge in [0.1, 0.15) is 5.75 Å². The number of fused-ring (bicyclic) bond motifs is 1. The Kier molecular flexibility index (Phi) is 7.06. The van der Waals surface area contributed by atoms with Crippen molar-refractivity contribution in [3.63, 3.8) is 0 Å². The molecule has 2 aromatic heterocycles. The molecule has 1 amide bonds. The van der Waals surface area contributed by atoms with E-state index in [2.05, 4.69) is 44.2 Å². The molecule has 9 heteroatoms. The van der Waals surface area contributed by atoms with Crippen molar-refractivity contribution in [2.24, 2.45) is 5.92 Å². The van der Waals surface area contributed by atoms with E-state index in [1.165, 1.54) is 0 Å². The lowest BCUT2D eigenvalue weighted by molar-refractivity contribution is -0.137. The highest BCUT2D eigenvalue weighted by atomic mass is 16.5. The lowest BCUT2D eigenvalue weighted by atomic mass is 9.95. The zero-order chi connectivity index (χ0) is 26.8. The summed E-state index contributed by atoms with van der Waals surface area (Å²) in [6.07, 6.45) is 3.81.